The van der Waals surface area contributed by atoms with E-state index in [0.717, 1.165) is 12.1 Å². The van der Waals surface area contributed by atoms with Crippen molar-refractivity contribution in [2.75, 3.05) is 12.4 Å². The van der Waals surface area contributed by atoms with E-state index in [1.807, 2.05) is 30.3 Å². The Kier molecular flexibility index (Phi) is 3.22. The highest BCUT2D eigenvalue weighted by molar-refractivity contribution is 7.81. The lowest BCUT2D eigenvalue weighted by Crippen LogP contribution is -2.40. The van der Waals surface area contributed by atoms with Crippen LogP contribution >= 0.6 is 0 Å². The molecule has 1 aromatic rings. The highest BCUT2D eigenvalue weighted by Gasteiger charge is 2.48. The number of anilines is 1. The molecule has 3 rings (SSSR count). The molecule has 2 aliphatic carbocycles. The van der Waals surface area contributed by atoms with Gasteiger partial charge in [0.25, 0.3) is 0 Å². The lowest BCUT2D eigenvalue weighted by Gasteiger charge is -2.28. The van der Waals surface area contributed by atoms with E-state index in [0.29, 0.717) is 11.8 Å². The third-order valence-electron chi connectivity index (χ3n) is 3.88. The SMILES string of the molecule is COS(=O)[C@H]1[C@@H](Nc2ccccc2)[C@@H]2C=C[C@H]1C2. The first-order valence-electron chi connectivity index (χ1n) is 6.24. The van der Waals surface area contributed by atoms with Gasteiger partial charge >= 0.3 is 0 Å². The predicted octanol–water partition coefficient (Wildman–Crippen LogP) is 2.35. The molecular weight excluding hydrogens is 246 g/mol. The van der Waals surface area contributed by atoms with Crippen molar-refractivity contribution in [1.82, 2.24) is 0 Å². The van der Waals surface area contributed by atoms with E-state index in [-0.39, 0.29) is 11.3 Å². The lowest BCUT2D eigenvalue weighted by molar-refractivity contribution is 0.426. The van der Waals surface area contributed by atoms with Gasteiger partial charge in [-0.1, -0.05) is 30.4 Å². The fourth-order valence-corrected chi connectivity index (χ4v) is 4.29. The molecular formula is C14H17NO2S. The van der Waals surface area contributed by atoms with Crippen LogP contribution in [0, 0.1) is 11.8 Å². The summed E-state index contributed by atoms with van der Waals surface area (Å²) in [6, 6.07) is 10.3. The molecule has 0 aromatic heterocycles. The van der Waals surface area contributed by atoms with Crippen molar-refractivity contribution in [3.63, 3.8) is 0 Å². The first kappa shape index (κ1) is 11.9. The Hall–Kier alpha value is -1.13. The Balaban J connectivity index is 1.82. The van der Waals surface area contributed by atoms with E-state index in [9.17, 15) is 4.21 Å². The summed E-state index contributed by atoms with van der Waals surface area (Å²) in [5.74, 6) is 0.858. The van der Waals surface area contributed by atoms with Crippen LogP contribution in [-0.2, 0) is 15.3 Å². The van der Waals surface area contributed by atoms with Crippen LogP contribution in [0.4, 0.5) is 5.69 Å². The van der Waals surface area contributed by atoms with Gasteiger partial charge in [-0.25, -0.2) is 4.21 Å². The summed E-state index contributed by atoms with van der Waals surface area (Å²) in [5, 5.41) is 3.57. The monoisotopic (exact) mass is 263 g/mol. The van der Waals surface area contributed by atoms with Gasteiger partial charge in [-0.2, -0.15) is 0 Å². The summed E-state index contributed by atoms with van der Waals surface area (Å²) in [5.41, 5.74) is 1.08. The Labute approximate surface area is 110 Å². The Morgan fingerprint density at radius 1 is 1.22 bits per heavy atom. The van der Waals surface area contributed by atoms with Crippen LogP contribution in [0.3, 0.4) is 0 Å². The first-order chi connectivity index (χ1) is 8.79. The minimum Gasteiger partial charge on any atom is -0.380 e. The fraction of sp³-hybridized carbons (Fsp3) is 0.429. The zero-order valence-corrected chi connectivity index (χ0v) is 11.1. The number of fused-ring (bicyclic) bond motifs is 2. The minimum atomic E-state index is -1.22. The van der Waals surface area contributed by atoms with Gasteiger partial charge in [0.15, 0.2) is 11.1 Å². The van der Waals surface area contributed by atoms with Crippen molar-refractivity contribution in [2.24, 2.45) is 11.8 Å². The zero-order valence-electron chi connectivity index (χ0n) is 10.3. The highest BCUT2D eigenvalue weighted by atomic mass is 32.2. The van der Waals surface area contributed by atoms with E-state index < -0.39 is 11.1 Å². The topological polar surface area (TPSA) is 38.3 Å². The van der Waals surface area contributed by atoms with Crippen LogP contribution in [0.15, 0.2) is 42.5 Å². The van der Waals surface area contributed by atoms with E-state index in [2.05, 4.69) is 17.5 Å². The molecule has 2 aliphatic rings. The van der Waals surface area contributed by atoms with Gasteiger partial charge in [0, 0.05) is 11.7 Å². The van der Waals surface area contributed by atoms with Crippen LogP contribution < -0.4 is 5.32 Å². The molecule has 1 fully saturated rings. The van der Waals surface area contributed by atoms with Gasteiger partial charge in [0.1, 0.15) is 0 Å². The molecule has 1 unspecified atom stereocenters. The molecule has 0 radical (unpaired) electrons. The average Bonchev–Trinajstić information content (AvgIpc) is 3.00. The van der Waals surface area contributed by atoms with E-state index in [1.165, 1.54) is 7.11 Å². The van der Waals surface area contributed by atoms with E-state index in [1.54, 1.807) is 0 Å². The van der Waals surface area contributed by atoms with Crippen molar-refractivity contribution in [3.05, 3.63) is 42.5 Å². The summed E-state index contributed by atoms with van der Waals surface area (Å²) < 4.78 is 17.1. The number of hydrogen-bond donors (Lipinski definition) is 1. The Bertz CT molecular complexity index is 474. The summed E-state index contributed by atoms with van der Waals surface area (Å²) in [6.45, 7) is 0. The maximum Gasteiger partial charge on any atom is 0.161 e. The molecule has 96 valence electrons. The molecule has 2 bridgehead atoms. The number of para-hydroxylation sites is 1. The normalized spacial score (nSPS) is 34.7. The maximum absolute atomic E-state index is 12.0. The summed E-state index contributed by atoms with van der Waals surface area (Å²) >= 11 is -1.22. The van der Waals surface area contributed by atoms with Crippen LogP contribution in [-0.4, -0.2) is 22.6 Å². The van der Waals surface area contributed by atoms with Gasteiger partial charge in [0.05, 0.1) is 12.4 Å². The van der Waals surface area contributed by atoms with E-state index in [4.69, 9.17) is 4.18 Å². The number of nitrogens with one attached hydrogen (secondary N) is 1. The molecule has 1 aromatic carbocycles. The minimum absolute atomic E-state index is 0.0604. The van der Waals surface area contributed by atoms with Gasteiger partial charge < -0.3 is 5.32 Å². The zero-order chi connectivity index (χ0) is 12.5. The Morgan fingerprint density at radius 2 is 1.94 bits per heavy atom. The molecule has 0 heterocycles. The third-order valence-corrected chi connectivity index (χ3v) is 5.30. The van der Waals surface area contributed by atoms with Crippen molar-refractivity contribution in [2.45, 2.75) is 17.7 Å². The molecule has 5 atom stereocenters. The largest absolute Gasteiger partial charge is 0.380 e. The summed E-state index contributed by atoms with van der Waals surface area (Å²) in [7, 11) is 1.52. The average molecular weight is 263 g/mol. The first-order valence-corrected chi connectivity index (χ1v) is 7.38. The number of allylic oxidation sites excluding steroid dienone is 1. The molecule has 0 aliphatic heterocycles. The van der Waals surface area contributed by atoms with Crippen LogP contribution in [0.25, 0.3) is 0 Å². The van der Waals surface area contributed by atoms with Crippen molar-refractivity contribution in [1.29, 1.82) is 0 Å². The lowest BCUT2D eigenvalue weighted by atomic mass is 10.0. The van der Waals surface area contributed by atoms with Crippen molar-refractivity contribution >= 4 is 16.8 Å². The van der Waals surface area contributed by atoms with Crippen LogP contribution in [0.1, 0.15) is 6.42 Å². The molecule has 18 heavy (non-hydrogen) atoms. The molecule has 0 spiro atoms. The van der Waals surface area contributed by atoms with Gasteiger partial charge in [-0.3, -0.25) is 4.18 Å². The number of rotatable bonds is 4. The molecule has 0 saturated heterocycles. The fourth-order valence-electron chi connectivity index (χ4n) is 3.07. The van der Waals surface area contributed by atoms with Crippen molar-refractivity contribution in [3.8, 4) is 0 Å². The molecule has 0 amide bonds. The molecule has 1 saturated carbocycles. The van der Waals surface area contributed by atoms with Gasteiger partial charge in [0.2, 0.25) is 0 Å². The molecule has 4 heteroatoms. The second-order valence-corrected chi connectivity index (χ2v) is 6.27. The quantitative estimate of drug-likeness (QED) is 0.847. The maximum atomic E-state index is 12.0. The van der Waals surface area contributed by atoms with Crippen LogP contribution in [0.5, 0.6) is 0 Å². The number of hydrogen-bond acceptors (Lipinski definition) is 3. The molecule has 3 nitrogen and oxygen atoms in total. The van der Waals surface area contributed by atoms with E-state index >= 15 is 0 Å². The second kappa shape index (κ2) is 4.86. The Morgan fingerprint density at radius 3 is 2.67 bits per heavy atom. The van der Waals surface area contributed by atoms with Crippen LogP contribution in [0.2, 0.25) is 0 Å². The van der Waals surface area contributed by atoms with Gasteiger partial charge in [-0.05, 0) is 30.4 Å². The smallest absolute Gasteiger partial charge is 0.161 e. The summed E-state index contributed by atoms with van der Waals surface area (Å²) in [6.07, 6.45) is 5.52. The second-order valence-electron chi connectivity index (χ2n) is 4.88. The summed E-state index contributed by atoms with van der Waals surface area (Å²) in [4.78, 5) is 0. The standard InChI is InChI=1S/C14H17NO2S/c1-17-18(16)14-11-8-7-10(9-11)13(14)15-12-5-3-2-4-6-12/h2-8,10-11,13-15H,9H2,1H3/t10-,11+,13+,14-,18?/m1/s1. The van der Waals surface area contributed by atoms with Gasteiger partial charge in [-0.15, -0.1) is 0 Å². The number of benzene rings is 1. The third kappa shape index (κ3) is 1.99. The highest BCUT2D eigenvalue weighted by Crippen LogP contribution is 2.43. The molecule has 1 N–H and O–H groups in total. The predicted molar refractivity (Wildman–Crippen MR) is 73.5 cm³/mol. The van der Waals surface area contributed by atoms with Crippen molar-refractivity contribution < 1.29 is 8.39 Å².